The Bertz CT molecular complexity index is 431. The zero-order chi connectivity index (χ0) is 13.0. The Morgan fingerprint density at radius 1 is 1.50 bits per heavy atom. The molecule has 2 N–H and O–H groups in total. The molecular weight excluding hydrogens is 250 g/mol. The van der Waals surface area contributed by atoms with E-state index in [1.165, 1.54) is 0 Å². The Morgan fingerprint density at radius 3 is 3.00 bits per heavy atom. The van der Waals surface area contributed by atoms with E-state index in [2.05, 4.69) is 22.3 Å². The number of nitrogens with two attached hydrogens (primary N) is 1. The van der Waals surface area contributed by atoms with Crippen LogP contribution in [0.4, 0.5) is 0 Å². The third-order valence-electron chi connectivity index (χ3n) is 2.89. The van der Waals surface area contributed by atoms with Crippen molar-refractivity contribution in [3.8, 4) is 0 Å². The standard InChI is InChI=1S/C11H19N5OS/c1-3-8-6-9(17-15-8)7-18-11-14-13-10(4-5-12)16(11)2/h9H,3-7,12H2,1-2H3. The molecule has 7 heteroatoms. The van der Waals surface area contributed by atoms with E-state index in [4.69, 9.17) is 10.6 Å². The maximum atomic E-state index is 5.52. The Labute approximate surface area is 111 Å². The molecule has 0 aliphatic carbocycles. The van der Waals surface area contributed by atoms with Crippen molar-refractivity contribution in [1.82, 2.24) is 14.8 Å². The maximum Gasteiger partial charge on any atom is 0.191 e. The third-order valence-corrected chi connectivity index (χ3v) is 4.05. The van der Waals surface area contributed by atoms with Gasteiger partial charge in [0.2, 0.25) is 0 Å². The van der Waals surface area contributed by atoms with Crippen molar-refractivity contribution < 1.29 is 4.84 Å². The average Bonchev–Trinajstić information content (AvgIpc) is 2.96. The largest absolute Gasteiger partial charge is 0.391 e. The van der Waals surface area contributed by atoms with E-state index >= 15 is 0 Å². The van der Waals surface area contributed by atoms with E-state index in [0.717, 1.165) is 41.7 Å². The summed E-state index contributed by atoms with van der Waals surface area (Å²) < 4.78 is 1.99. The van der Waals surface area contributed by atoms with E-state index in [0.29, 0.717) is 6.54 Å². The molecule has 0 saturated carbocycles. The fourth-order valence-electron chi connectivity index (χ4n) is 1.77. The summed E-state index contributed by atoms with van der Waals surface area (Å²) in [7, 11) is 1.97. The van der Waals surface area contributed by atoms with Crippen molar-refractivity contribution in [1.29, 1.82) is 0 Å². The van der Waals surface area contributed by atoms with Gasteiger partial charge in [0.05, 0.1) is 5.71 Å². The van der Waals surface area contributed by atoms with E-state index in [1.807, 2.05) is 11.6 Å². The minimum atomic E-state index is 0.166. The van der Waals surface area contributed by atoms with Gasteiger partial charge in [-0.05, 0) is 13.0 Å². The van der Waals surface area contributed by atoms with Crippen LogP contribution in [0.15, 0.2) is 10.3 Å². The first-order valence-electron chi connectivity index (χ1n) is 6.17. The third kappa shape index (κ3) is 3.02. The molecular formula is C11H19N5OS. The van der Waals surface area contributed by atoms with E-state index < -0.39 is 0 Å². The number of rotatable bonds is 6. The molecule has 1 aliphatic rings. The van der Waals surface area contributed by atoms with E-state index in [-0.39, 0.29) is 6.10 Å². The minimum absolute atomic E-state index is 0.166. The second kappa shape index (κ2) is 6.19. The highest BCUT2D eigenvalue weighted by atomic mass is 32.2. The summed E-state index contributed by atoms with van der Waals surface area (Å²) in [5.74, 6) is 1.78. The summed E-state index contributed by atoms with van der Waals surface area (Å²) in [6.07, 6.45) is 2.81. The van der Waals surface area contributed by atoms with Gasteiger partial charge in [-0.2, -0.15) is 0 Å². The molecule has 0 saturated heterocycles. The van der Waals surface area contributed by atoms with Gasteiger partial charge in [-0.3, -0.25) is 0 Å². The van der Waals surface area contributed by atoms with Crippen LogP contribution >= 0.6 is 11.8 Å². The quantitative estimate of drug-likeness (QED) is 0.778. The van der Waals surface area contributed by atoms with Crippen LogP contribution in [-0.2, 0) is 18.3 Å². The van der Waals surface area contributed by atoms with Gasteiger partial charge in [0.15, 0.2) is 5.16 Å². The zero-order valence-electron chi connectivity index (χ0n) is 10.8. The number of hydrogen-bond acceptors (Lipinski definition) is 6. The molecule has 6 nitrogen and oxygen atoms in total. The monoisotopic (exact) mass is 269 g/mol. The molecule has 18 heavy (non-hydrogen) atoms. The number of oxime groups is 1. The Balaban J connectivity index is 1.84. The molecule has 0 amide bonds. The molecule has 1 unspecified atom stereocenters. The minimum Gasteiger partial charge on any atom is -0.391 e. The van der Waals surface area contributed by atoms with Crippen LogP contribution in [0, 0.1) is 0 Å². The SMILES string of the molecule is CCC1=NOC(CSc2nnc(CCN)n2C)C1. The van der Waals surface area contributed by atoms with Crippen molar-refractivity contribution in [3.63, 3.8) is 0 Å². The molecule has 1 aliphatic heterocycles. The van der Waals surface area contributed by atoms with Gasteiger partial charge >= 0.3 is 0 Å². The number of aromatic nitrogens is 3. The average molecular weight is 269 g/mol. The first-order chi connectivity index (χ1) is 8.74. The van der Waals surface area contributed by atoms with Crippen LogP contribution in [0.2, 0.25) is 0 Å². The highest BCUT2D eigenvalue weighted by molar-refractivity contribution is 7.99. The van der Waals surface area contributed by atoms with Crippen LogP contribution in [0.1, 0.15) is 25.6 Å². The van der Waals surface area contributed by atoms with Crippen molar-refractivity contribution in [3.05, 3.63) is 5.82 Å². The van der Waals surface area contributed by atoms with Crippen LogP contribution in [0.25, 0.3) is 0 Å². The van der Waals surface area contributed by atoms with Crippen LogP contribution in [0.3, 0.4) is 0 Å². The summed E-state index contributed by atoms with van der Waals surface area (Å²) in [6, 6.07) is 0. The van der Waals surface area contributed by atoms with Crippen molar-refractivity contribution in [2.45, 2.75) is 37.4 Å². The summed E-state index contributed by atoms with van der Waals surface area (Å²) in [5.41, 5.74) is 6.66. The first kappa shape index (κ1) is 13.4. The molecule has 0 spiro atoms. The Hall–Kier alpha value is -1.08. The fraction of sp³-hybridized carbons (Fsp3) is 0.727. The van der Waals surface area contributed by atoms with Crippen molar-refractivity contribution in [2.75, 3.05) is 12.3 Å². The van der Waals surface area contributed by atoms with E-state index in [1.54, 1.807) is 11.8 Å². The predicted octanol–water partition coefficient (Wildman–Crippen LogP) is 0.963. The number of nitrogens with zero attached hydrogens (tertiary/aromatic N) is 4. The molecule has 0 radical (unpaired) electrons. The lowest BCUT2D eigenvalue weighted by molar-refractivity contribution is 0.103. The molecule has 2 heterocycles. The van der Waals surface area contributed by atoms with Crippen molar-refractivity contribution in [2.24, 2.45) is 17.9 Å². The molecule has 0 fully saturated rings. The molecule has 1 aromatic heterocycles. The van der Waals surface area contributed by atoms with Gasteiger partial charge in [-0.15, -0.1) is 10.2 Å². The fourth-order valence-corrected chi connectivity index (χ4v) is 2.68. The summed E-state index contributed by atoms with van der Waals surface area (Å²) in [5, 5.41) is 13.2. The molecule has 1 atom stereocenters. The summed E-state index contributed by atoms with van der Waals surface area (Å²) >= 11 is 1.65. The second-order valence-electron chi connectivity index (χ2n) is 4.25. The van der Waals surface area contributed by atoms with Gasteiger partial charge in [0.25, 0.3) is 0 Å². The van der Waals surface area contributed by atoms with Gasteiger partial charge in [0.1, 0.15) is 11.9 Å². The molecule has 0 bridgehead atoms. The highest BCUT2D eigenvalue weighted by Gasteiger charge is 2.21. The summed E-state index contributed by atoms with van der Waals surface area (Å²) in [6.45, 7) is 2.69. The topological polar surface area (TPSA) is 78.3 Å². The Kier molecular flexibility index (Phi) is 4.60. The first-order valence-corrected chi connectivity index (χ1v) is 7.15. The maximum absolute atomic E-state index is 5.52. The van der Waals surface area contributed by atoms with Crippen molar-refractivity contribution >= 4 is 17.5 Å². The lowest BCUT2D eigenvalue weighted by atomic mass is 10.2. The van der Waals surface area contributed by atoms with Crippen LogP contribution in [0.5, 0.6) is 0 Å². The predicted molar refractivity (Wildman–Crippen MR) is 71.7 cm³/mol. The number of thioether (sulfide) groups is 1. The molecule has 2 rings (SSSR count). The molecule has 1 aromatic rings. The van der Waals surface area contributed by atoms with Crippen LogP contribution in [-0.4, -0.2) is 38.9 Å². The lowest BCUT2D eigenvalue weighted by Gasteiger charge is -2.07. The molecule has 100 valence electrons. The molecule has 0 aromatic carbocycles. The van der Waals surface area contributed by atoms with Gasteiger partial charge in [-0.25, -0.2) is 0 Å². The normalized spacial score (nSPS) is 18.8. The van der Waals surface area contributed by atoms with Crippen LogP contribution < -0.4 is 5.73 Å². The second-order valence-corrected chi connectivity index (χ2v) is 5.24. The van der Waals surface area contributed by atoms with E-state index in [9.17, 15) is 0 Å². The number of hydrogen-bond donors (Lipinski definition) is 1. The zero-order valence-corrected chi connectivity index (χ0v) is 11.6. The van der Waals surface area contributed by atoms with Gasteiger partial charge < -0.3 is 15.1 Å². The summed E-state index contributed by atoms with van der Waals surface area (Å²) in [4.78, 5) is 5.36. The smallest absolute Gasteiger partial charge is 0.191 e. The lowest BCUT2D eigenvalue weighted by Crippen LogP contribution is -2.12. The Morgan fingerprint density at radius 2 is 2.33 bits per heavy atom. The van der Waals surface area contributed by atoms with Gasteiger partial charge in [0, 0.05) is 25.6 Å². The highest BCUT2D eigenvalue weighted by Crippen LogP contribution is 2.22. The van der Waals surface area contributed by atoms with Gasteiger partial charge in [-0.1, -0.05) is 23.8 Å².